The molecule has 2 amide bonds. The van der Waals surface area contributed by atoms with Crippen LogP contribution in [0.5, 0.6) is 0 Å². The first-order chi connectivity index (χ1) is 13.8. The number of hydrogen-bond donors (Lipinski definition) is 3. The summed E-state index contributed by atoms with van der Waals surface area (Å²) in [5.74, 6) is -0.401. The Bertz CT molecular complexity index is 1040. The second-order valence-electron chi connectivity index (χ2n) is 7.07. The van der Waals surface area contributed by atoms with Gasteiger partial charge < -0.3 is 16.0 Å². The van der Waals surface area contributed by atoms with Gasteiger partial charge in [0.05, 0.1) is 17.4 Å². The van der Waals surface area contributed by atoms with E-state index >= 15 is 0 Å². The van der Waals surface area contributed by atoms with Crippen molar-refractivity contribution in [3.63, 3.8) is 0 Å². The number of aromatic nitrogens is 1. The summed E-state index contributed by atoms with van der Waals surface area (Å²) in [7, 11) is 0. The second-order valence-corrected chi connectivity index (χ2v) is 7.07. The smallest absolute Gasteiger partial charge is 0.257 e. The van der Waals surface area contributed by atoms with E-state index in [1.165, 1.54) is 18.7 Å². The number of carbonyl (C=O) groups excluding carboxylic acids is 2. The molecular formula is C23H24N4O2. The van der Waals surface area contributed by atoms with Gasteiger partial charge in [0.2, 0.25) is 5.91 Å². The van der Waals surface area contributed by atoms with Crippen molar-refractivity contribution in [3.05, 3.63) is 77.1 Å². The molecule has 6 heteroatoms. The van der Waals surface area contributed by atoms with Crippen molar-refractivity contribution >= 4 is 34.6 Å². The molecule has 0 aliphatic rings. The lowest BCUT2D eigenvalue weighted by molar-refractivity contribution is -0.114. The second kappa shape index (κ2) is 8.56. The summed E-state index contributed by atoms with van der Waals surface area (Å²) in [6, 6.07) is 12.9. The molecule has 0 fully saturated rings. The summed E-state index contributed by atoms with van der Waals surface area (Å²) < 4.78 is 0. The molecule has 0 radical (unpaired) electrons. The third kappa shape index (κ3) is 5.19. The summed E-state index contributed by atoms with van der Waals surface area (Å²) in [5.41, 5.74) is 7.00. The number of aryl methyl sites for hydroxylation is 3. The third-order valence-corrected chi connectivity index (χ3v) is 4.41. The lowest BCUT2D eigenvalue weighted by Gasteiger charge is -2.14. The van der Waals surface area contributed by atoms with Crippen molar-refractivity contribution in [1.29, 1.82) is 0 Å². The average molecular weight is 388 g/mol. The van der Waals surface area contributed by atoms with Gasteiger partial charge in [0.1, 0.15) is 0 Å². The maximum absolute atomic E-state index is 12.6. The van der Waals surface area contributed by atoms with Crippen LogP contribution in [0.3, 0.4) is 0 Å². The van der Waals surface area contributed by atoms with Crippen LogP contribution in [0, 0.1) is 20.8 Å². The van der Waals surface area contributed by atoms with E-state index in [0.717, 1.165) is 22.5 Å². The lowest BCUT2D eigenvalue weighted by atomic mass is 10.0. The number of hydrogen-bond acceptors (Lipinski definition) is 4. The molecule has 6 nitrogen and oxygen atoms in total. The van der Waals surface area contributed by atoms with Crippen LogP contribution >= 0.6 is 0 Å². The van der Waals surface area contributed by atoms with Gasteiger partial charge in [-0.2, -0.15) is 0 Å². The molecule has 3 aromatic rings. The molecule has 29 heavy (non-hydrogen) atoms. The van der Waals surface area contributed by atoms with Gasteiger partial charge in [-0.3, -0.25) is 14.6 Å². The minimum Gasteiger partial charge on any atom is -0.354 e. The van der Waals surface area contributed by atoms with E-state index in [1.807, 2.05) is 0 Å². The van der Waals surface area contributed by atoms with Gasteiger partial charge in [0.15, 0.2) is 0 Å². The Labute approximate surface area is 170 Å². The molecule has 148 valence electrons. The van der Waals surface area contributed by atoms with E-state index in [4.69, 9.17) is 0 Å². The number of rotatable bonds is 5. The average Bonchev–Trinajstić information content (AvgIpc) is 2.66. The minimum absolute atomic E-state index is 0.142. The highest BCUT2D eigenvalue weighted by molar-refractivity contribution is 6.04. The van der Waals surface area contributed by atoms with Crippen LogP contribution in [0.15, 0.2) is 54.9 Å². The normalized spacial score (nSPS) is 10.3. The predicted molar refractivity (Wildman–Crippen MR) is 117 cm³/mol. The maximum Gasteiger partial charge on any atom is 0.257 e. The molecule has 0 aliphatic carbocycles. The molecule has 0 bridgehead atoms. The van der Waals surface area contributed by atoms with Gasteiger partial charge in [0.25, 0.3) is 5.91 Å². The van der Waals surface area contributed by atoms with Crippen LogP contribution in [0.2, 0.25) is 0 Å². The van der Waals surface area contributed by atoms with Crippen molar-refractivity contribution in [2.24, 2.45) is 0 Å². The fraction of sp³-hybridized carbons (Fsp3) is 0.174. The number of amides is 2. The van der Waals surface area contributed by atoms with E-state index in [-0.39, 0.29) is 11.8 Å². The quantitative estimate of drug-likeness (QED) is 0.577. The third-order valence-electron chi connectivity index (χ3n) is 4.41. The number of carbonyl (C=O) groups is 2. The van der Waals surface area contributed by atoms with Gasteiger partial charge >= 0.3 is 0 Å². The van der Waals surface area contributed by atoms with E-state index in [1.54, 1.807) is 36.5 Å². The highest BCUT2D eigenvalue weighted by Gasteiger charge is 2.10. The zero-order valence-corrected chi connectivity index (χ0v) is 17.0. The molecule has 0 unspecified atom stereocenters. The first-order valence-corrected chi connectivity index (χ1v) is 9.31. The number of nitrogens with zero attached hydrogens (tertiary/aromatic N) is 1. The van der Waals surface area contributed by atoms with Crippen LogP contribution < -0.4 is 16.0 Å². The van der Waals surface area contributed by atoms with Gasteiger partial charge in [-0.25, -0.2) is 0 Å². The van der Waals surface area contributed by atoms with Crippen molar-refractivity contribution in [1.82, 2.24) is 4.98 Å². The van der Waals surface area contributed by atoms with Crippen LogP contribution in [-0.4, -0.2) is 16.8 Å². The van der Waals surface area contributed by atoms with E-state index in [2.05, 4.69) is 53.8 Å². The Kier molecular flexibility index (Phi) is 5.93. The molecule has 0 spiro atoms. The summed E-state index contributed by atoms with van der Waals surface area (Å²) in [4.78, 5) is 27.9. The van der Waals surface area contributed by atoms with Crippen molar-refractivity contribution < 1.29 is 9.59 Å². The Morgan fingerprint density at radius 3 is 1.97 bits per heavy atom. The number of benzene rings is 2. The minimum atomic E-state index is -0.259. The molecule has 1 aromatic heterocycles. The Morgan fingerprint density at radius 2 is 1.38 bits per heavy atom. The summed E-state index contributed by atoms with van der Waals surface area (Å²) >= 11 is 0. The topological polar surface area (TPSA) is 83.1 Å². The molecule has 0 saturated heterocycles. The van der Waals surface area contributed by atoms with Crippen LogP contribution in [-0.2, 0) is 4.79 Å². The monoisotopic (exact) mass is 388 g/mol. The first kappa shape index (κ1) is 20.1. The van der Waals surface area contributed by atoms with E-state index < -0.39 is 0 Å². The Morgan fingerprint density at radius 1 is 0.793 bits per heavy atom. The van der Waals surface area contributed by atoms with Crippen LogP contribution in [0.25, 0.3) is 0 Å². The zero-order valence-electron chi connectivity index (χ0n) is 17.0. The van der Waals surface area contributed by atoms with Crippen molar-refractivity contribution in [2.75, 3.05) is 16.0 Å². The molecule has 1 heterocycles. The maximum atomic E-state index is 12.6. The van der Waals surface area contributed by atoms with Gasteiger partial charge in [-0.15, -0.1) is 0 Å². The summed E-state index contributed by atoms with van der Waals surface area (Å²) in [5, 5.41) is 8.90. The summed E-state index contributed by atoms with van der Waals surface area (Å²) in [6.07, 6.45) is 3.22. The molecule has 3 rings (SSSR count). The highest BCUT2D eigenvalue weighted by atomic mass is 16.2. The predicted octanol–water partition coefficient (Wildman–Crippen LogP) is 4.96. The Hall–Kier alpha value is -3.67. The molecule has 2 aromatic carbocycles. The van der Waals surface area contributed by atoms with Gasteiger partial charge in [-0.05, 0) is 62.2 Å². The van der Waals surface area contributed by atoms with Gasteiger partial charge in [0, 0.05) is 30.2 Å². The standard InChI is InChI=1S/C23H24N4O2/c1-14-9-15(2)22(16(3)10-14)26-21-11-18(12-24-13-21)23(29)27-20-7-5-19(6-8-20)25-17(4)28/h5-13,26H,1-4H3,(H,25,28)(H,27,29). The zero-order chi connectivity index (χ0) is 21.0. The van der Waals surface area contributed by atoms with E-state index in [0.29, 0.717) is 16.9 Å². The van der Waals surface area contributed by atoms with Crippen molar-refractivity contribution in [2.45, 2.75) is 27.7 Å². The number of nitrogens with one attached hydrogen (secondary N) is 3. The van der Waals surface area contributed by atoms with Crippen molar-refractivity contribution in [3.8, 4) is 0 Å². The van der Waals surface area contributed by atoms with Crippen LogP contribution in [0.4, 0.5) is 22.7 Å². The van der Waals surface area contributed by atoms with E-state index in [9.17, 15) is 9.59 Å². The molecule has 0 saturated carbocycles. The molecule has 0 atom stereocenters. The largest absolute Gasteiger partial charge is 0.354 e. The lowest BCUT2D eigenvalue weighted by Crippen LogP contribution is -2.13. The Balaban J connectivity index is 1.74. The molecule has 0 aliphatic heterocycles. The number of pyridine rings is 1. The molecular weight excluding hydrogens is 364 g/mol. The highest BCUT2D eigenvalue weighted by Crippen LogP contribution is 2.26. The number of anilines is 4. The fourth-order valence-electron chi connectivity index (χ4n) is 3.20. The molecule has 3 N–H and O–H groups in total. The fourth-order valence-corrected chi connectivity index (χ4v) is 3.20. The SMILES string of the molecule is CC(=O)Nc1ccc(NC(=O)c2cncc(Nc3c(C)cc(C)cc3C)c2)cc1. The summed E-state index contributed by atoms with van der Waals surface area (Å²) in [6.45, 7) is 7.62. The van der Waals surface area contributed by atoms with Gasteiger partial charge in [-0.1, -0.05) is 17.7 Å². The van der Waals surface area contributed by atoms with Crippen LogP contribution in [0.1, 0.15) is 34.0 Å². The first-order valence-electron chi connectivity index (χ1n) is 9.31.